The van der Waals surface area contributed by atoms with E-state index in [0.29, 0.717) is 49.2 Å². The molecule has 1 saturated carbocycles. The van der Waals surface area contributed by atoms with Crippen molar-refractivity contribution in [2.75, 3.05) is 41.5 Å². The van der Waals surface area contributed by atoms with Gasteiger partial charge in [-0.1, -0.05) is 19.3 Å². The molecular formula is C36H43F9N4O3S. The Kier molecular flexibility index (Phi) is 15.5. The van der Waals surface area contributed by atoms with Crippen LogP contribution in [0.4, 0.5) is 51.1 Å². The number of aliphatic carboxylic acids is 1. The van der Waals surface area contributed by atoms with Crippen molar-refractivity contribution in [1.82, 2.24) is 9.97 Å². The molecule has 3 aromatic rings. The zero-order chi connectivity index (χ0) is 39.6. The van der Waals surface area contributed by atoms with Crippen LogP contribution in [0.3, 0.4) is 0 Å². The minimum Gasteiger partial charge on any atom is -0.489 e. The first-order valence-electron chi connectivity index (χ1n) is 16.9. The Balaban J connectivity index is 0.00000180. The highest BCUT2D eigenvalue weighted by molar-refractivity contribution is 7.98. The molecule has 0 saturated heterocycles. The molecule has 0 aliphatic heterocycles. The van der Waals surface area contributed by atoms with E-state index in [1.54, 1.807) is 0 Å². The molecule has 53 heavy (non-hydrogen) atoms. The highest BCUT2D eigenvalue weighted by Crippen LogP contribution is 2.40. The number of thioether (sulfide) groups is 1. The number of ether oxygens (including phenoxy) is 1. The van der Waals surface area contributed by atoms with E-state index in [1.807, 2.05) is 18.1 Å². The average Bonchev–Trinajstić information content (AvgIpc) is 3.08. The molecule has 0 radical (unpaired) electrons. The van der Waals surface area contributed by atoms with Crippen LogP contribution < -0.4 is 14.5 Å². The highest BCUT2D eigenvalue weighted by atomic mass is 32.2. The van der Waals surface area contributed by atoms with Gasteiger partial charge in [-0.3, -0.25) is 4.79 Å². The van der Waals surface area contributed by atoms with Crippen molar-refractivity contribution >= 4 is 29.4 Å². The number of hydrogen-bond acceptors (Lipinski definition) is 7. The van der Waals surface area contributed by atoms with Crippen molar-refractivity contribution in [3.8, 4) is 5.75 Å². The average molecular weight is 783 g/mol. The first kappa shape index (κ1) is 43.5. The second kappa shape index (κ2) is 18.9. The van der Waals surface area contributed by atoms with Crippen LogP contribution in [0, 0.1) is 5.92 Å². The molecule has 1 aromatic heterocycles. The SMILES string of the molecule is CC(=O)O.CCN(CC1CCCCC1)c1ccc(C(F)(F)F)cc1CN(c1ncc(OCCSC)cn1)C(C)c1cc(C(F)(F)F)cc(C(F)(F)F)c1. The summed E-state index contributed by atoms with van der Waals surface area (Å²) in [6.07, 6.45) is -5.21. The molecule has 0 spiro atoms. The number of carboxylic acids is 1. The lowest BCUT2D eigenvalue weighted by molar-refractivity contribution is -0.143. The Morgan fingerprint density at radius 1 is 0.906 bits per heavy atom. The predicted octanol–water partition coefficient (Wildman–Crippen LogP) is 10.5. The van der Waals surface area contributed by atoms with Gasteiger partial charge in [0.1, 0.15) is 0 Å². The number of aromatic nitrogens is 2. The molecule has 1 N–H and O–H groups in total. The summed E-state index contributed by atoms with van der Waals surface area (Å²) in [5.74, 6) is 0.309. The molecule has 0 amide bonds. The van der Waals surface area contributed by atoms with Gasteiger partial charge in [0.2, 0.25) is 5.95 Å². The van der Waals surface area contributed by atoms with Crippen molar-refractivity contribution in [3.05, 3.63) is 76.6 Å². The van der Waals surface area contributed by atoms with Gasteiger partial charge in [0.25, 0.3) is 5.97 Å². The van der Waals surface area contributed by atoms with Crippen molar-refractivity contribution in [1.29, 1.82) is 0 Å². The molecular weight excluding hydrogens is 739 g/mol. The van der Waals surface area contributed by atoms with E-state index >= 15 is 0 Å². The van der Waals surface area contributed by atoms with E-state index in [1.165, 1.54) is 42.0 Å². The fourth-order valence-electron chi connectivity index (χ4n) is 6.02. The minimum absolute atomic E-state index is 0.0348. The van der Waals surface area contributed by atoms with Gasteiger partial charge in [-0.05, 0) is 86.4 Å². The van der Waals surface area contributed by atoms with E-state index in [4.69, 9.17) is 14.6 Å². The van der Waals surface area contributed by atoms with Gasteiger partial charge in [0.15, 0.2) is 5.75 Å². The first-order chi connectivity index (χ1) is 24.7. The lowest BCUT2D eigenvalue weighted by Crippen LogP contribution is -2.33. The van der Waals surface area contributed by atoms with Gasteiger partial charge in [-0.25, -0.2) is 9.97 Å². The van der Waals surface area contributed by atoms with Gasteiger partial charge in [0.05, 0.1) is 41.7 Å². The topological polar surface area (TPSA) is 78.8 Å². The van der Waals surface area contributed by atoms with Gasteiger partial charge in [0, 0.05) is 38.0 Å². The fraction of sp³-hybridized carbons (Fsp3) is 0.528. The predicted molar refractivity (Wildman–Crippen MR) is 186 cm³/mol. The lowest BCUT2D eigenvalue weighted by Gasteiger charge is -2.35. The molecule has 1 heterocycles. The van der Waals surface area contributed by atoms with Crippen LogP contribution in [-0.4, -0.2) is 52.7 Å². The summed E-state index contributed by atoms with van der Waals surface area (Å²) in [7, 11) is 0. The first-order valence-corrected chi connectivity index (χ1v) is 18.3. The molecule has 17 heteroatoms. The summed E-state index contributed by atoms with van der Waals surface area (Å²) in [6.45, 7) is 5.36. The highest BCUT2D eigenvalue weighted by Gasteiger charge is 2.38. The number of halogens is 9. The number of carboxylic acid groups (broad SMARTS) is 1. The molecule has 7 nitrogen and oxygen atoms in total. The molecule has 1 unspecified atom stereocenters. The fourth-order valence-corrected chi connectivity index (χ4v) is 6.27. The standard InChI is InChI=1S/C34H39F9N4OS.C2H4O2/c1-4-46(20-23-8-6-5-7-9-23)30-11-10-26(32(35,36)37)16-25(30)21-47(31-44-18-29(19-45-31)48-12-13-49-3)22(2)24-14-27(33(38,39)40)17-28(15-24)34(41,42)43;1-2(3)4/h10-11,14-19,22-23H,4-9,12-13,20-21H2,1-3H3;1H3,(H,3,4). The summed E-state index contributed by atoms with van der Waals surface area (Å²) in [5, 5.41) is 7.42. The van der Waals surface area contributed by atoms with E-state index in [9.17, 15) is 39.5 Å². The van der Waals surface area contributed by atoms with Crippen LogP contribution in [0.1, 0.15) is 86.7 Å². The van der Waals surface area contributed by atoms with E-state index in [0.717, 1.165) is 51.2 Å². The Morgan fingerprint density at radius 3 is 1.94 bits per heavy atom. The molecule has 1 atom stereocenters. The zero-order valence-electron chi connectivity index (χ0n) is 29.7. The number of benzene rings is 2. The monoisotopic (exact) mass is 782 g/mol. The second-order valence-electron chi connectivity index (χ2n) is 12.6. The van der Waals surface area contributed by atoms with Crippen LogP contribution >= 0.6 is 11.8 Å². The Labute approximate surface area is 306 Å². The summed E-state index contributed by atoms with van der Waals surface area (Å²) in [4.78, 5) is 20.9. The Bertz CT molecular complexity index is 1580. The zero-order valence-corrected chi connectivity index (χ0v) is 30.5. The van der Waals surface area contributed by atoms with Crippen LogP contribution in [0.2, 0.25) is 0 Å². The third-order valence-electron chi connectivity index (χ3n) is 8.66. The molecule has 2 aromatic carbocycles. The number of carbonyl (C=O) groups is 1. The number of nitrogens with zero attached hydrogens (tertiary/aromatic N) is 4. The minimum atomic E-state index is -5.10. The molecule has 1 aliphatic carbocycles. The third-order valence-corrected chi connectivity index (χ3v) is 9.24. The van der Waals surface area contributed by atoms with Crippen molar-refractivity contribution in [3.63, 3.8) is 0 Å². The van der Waals surface area contributed by atoms with Gasteiger partial charge >= 0.3 is 18.5 Å². The smallest absolute Gasteiger partial charge is 0.416 e. The van der Waals surface area contributed by atoms with Gasteiger partial charge in [-0.15, -0.1) is 0 Å². The van der Waals surface area contributed by atoms with Crippen molar-refractivity contribution in [2.24, 2.45) is 5.92 Å². The number of rotatable bonds is 13. The Morgan fingerprint density at radius 2 is 1.45 bits per heavy atom. The number of anilines is 2. The summed E-state index contributed by atoms with van der Waals surface area (Å²) < 4.78 is 131. The van der Waals surface area contributed by atoms with Crippen LogP contribution in [-0.2, 0) is 29.9 Å². The van der Waals surface area contributed by atoms with Crippen LogP contribution in [0.15, 0.2) is 48.8 Å². The Hall–Kier alpha value is -3.89. The molecule has 0 bridgehead atoms. The van der Waals surface area contributed by atoms with E-state index in [-0.39, 0.29) is 35.4 Å². The number of hydrogen-bond donors (Lipinski definition) is 1. The molecule has 4 rings (SSSR count). The van der Waals surface area contributed by atoms with Crippen molar-refractivity contribution < 1.29 is 54.2 Å². The third kappa shape index (κ3) is 13.2. The number of alkyl halides is 9. The largest absolute Gasteiger partial charge is 0.489 e. The molecule has 294 valence electrons. The van der Waals surface area contributed by atoms with Crippen LogP contribution in [0.5, 0.6) is 5.75 Å². The lowest BCUT2D eigenvalue weighted by atomic mass is 9.88. The molecule has 1 fully saturated rings. The maximum Gasteiger partial charge on any atom is 0.416 e. The van der Waals surface area contributed by atoms with Crippen molar-refractivity contribution in [2.45, 2.75) is 84.0 Å². The van der Waals surface area contributed by atoms with Crippen LogP contribution in [0.25, 0.3) is 0 Å². The summed E-state index contributed by atoms with van der Waals surface area (Å²) in [6, 6.07) is 3.35. The second-order valence-corrected chi connectivity index (χ2v) is 13.6. The van der Waals surface area contributed by atoms with E-state index < -0.39 is 47.2 Å². The molecule has 1 aliphatic rings. The van der Waals surface area contributed by atoms with E-state index in [2.05, 4.69) is 9.97 Å². The van der Waals surface area contributed by atoms with Gasteiger partial charge in [-0.2, -0.15) is 51.3 Å². The maximum atomic E-state index is 14.0. The maximum absolute atomic E-state index is 14.0. The summed E-state index contributed by atoms with van der Waals surface area (Å²) >= 11 is 1.54. The normalized spacial score (nSPS) is 14.6. The summed E-state index contributed by atoms with van der Waals surface area (Å²) in [5.41, 5.74) is -3.67. The van der Waals surface area contributed by atoms with Gasteiger partial charge < -0.3 is 19.6 Å². The quantitative estimate of drug-likeness (QED) is 0.136.